The quantitative estimate of drug-likeness (QED) is 0.804. The van der Waals surface area contributed by atoms with Gasteiger partial charge >= 0.3 is 0 Å². The molecule has 2 rings (SSSR count). The summed E-state index contributed by atoms with van der Waals surface area (Å²) in [7, 11) is 0. The first-order valence-electron chi connectivity index (χ1n) is 5.29. The van der Waals surface area contributed by atoms with Gasteiger partial charge < -0.3 is 5.11 Å². The lowest BCUT2D eigenvalue weighted by Gasteiger charge is -2.15. The maximum atomic E-state index is 11.6. The second-order valence-electron chi connectivity index (χ2n) is 4.59. The van der Waals surface area contributed by atoms with Crippen LogP contribution in [0.2, 0.25) is 0 Å². The van der Waals surface area contributed by atoms with Crippen molar-refractivity contribution in [2.75, 3.05) is 0 Å². The monoisotopic (exact) mass is 204 g/mol. The van der Waals surface area contributed by atoms with E-state index in [1.165, 1.54) is 0 Å². The molecule has 1 aromatic carbocycles. The summed E-state index contributed by atoms with van der Waals surface area (Å²) < 4.78 is 0. The van der Waals surface area contributed by atoms with Crippen LogP contribution in [0.15, 0.2) is 12.1 Å². The van der Waals surface area contributed by atoms with Crippen LogP contribution >= 0.6 is 0 Å². The van der Waals surface area contributed by atoms with Gasteiger partial charge in [0.05, 0.1) is 5.41 Å². The molecule has 0 amide bonds. The Bertz CT molecular complexity index is 428. The summed E-state index contributed by atoms with van der Waals surface area (Å²) in [5.41, 5.74) is 2.65. The number of ketones is 1. The Kier molecular flexibility index (Phi) is 2.10. The van der Waals surface area contributed by atoms with Gasteiger partial charge in [0.15, 0.2) is 0 Å². The molecule has 1 saturated carbocycles. The van der Waals surface area contributed by atoms with Crippen molar-refractivity contribution in [1.29, 1.82) is 0 Å². The molecular weight excluding hydrogens is 188 g/mol. The standard InChI is InChI=1S/C13H16O2/c1-8-6-11(12(15)7-9(8)2)13(4-5-13)10(3)14/h6-7,15H,4-5H2,1-3H3. The van der Waals surface area contributed by atoms with Crippen LogP contribution in [0.4, 0.5) is 0 Å². The van der Waals surface area contributed by atoms with Crippen LogP contribution in [0.25, 0.3) is 0 Å². The van der Waals surface area contributed by atoms with Gasteiger partial charge in [-0.1, -0.05) is 6.07 Å². The Morgan fingerprint density at radius 2 is 1.80 bits per heavy atom. The number of hydrogen-bond donors (Lipinski definition) is 1. The number of aryl methyl sites for hydroxylation is 2. The largest absolute Gasteiger partial charge is 0.508 e. The average molecular weight is 204 g/mol. The molecule has 0 atom stereocenters. The summed E-state index contributed by atoms with van der Waals surface area (Å²) in [4.78, 5) is 11.6. The Morgan fingerprint density at radius 1 is 1.27 bits per heavy atom. The molecule has 1 aliphatic carbocycles. The minimum Gasteiger partial charge on any atom is -0.508 e. The zero-order valence-corrected chi connectivity index (χ0v) is 9.42. The normalized spacial score (nSPS) is 17.5. The predicted octanol–water partition coefficient (Wildman–Crippen LogP) is 2.63. The maximum Gasteiger partial charge on any atom is 0.140 e. The van der Waals surface area contributed by atoms with E-state index >= 15 is 0 Å². The van der Waals surface area contributed by atoms with E-state index in [4.69, 9.17) is 0 Å². The highest BCUT2D eigenvalue weighted by atomic mass is 16.3. The lowest BCUT2D eigenvalue weighted by Crippen LogP contribution is -2.17. The Labute approximate surface area is 89.9 Å². The van der Waals surface area contributed by atoms with Gasteiger partial charge in [-0.3, -0.25) is 4.79 Å². The first-order chi connectivity index (χ1) is 6.97. The molecule has 15 heavy (non-hydrogen) atoms. The zero-order valence-electron chi connectivity index (χ0n) is 9.42. The highest BCUT2D eigenvalue weighted by Gasteiger charge is 2.50. The number of hydrogen-bond acceptors (Lipinski definition) is 2. The summed E-state index contributed by atoms with van der Waals surface area (Å²) in [6.45, 7) is 5.59. The SMILES string of the molecule is CC(=O)C1(c2cc(C)c(C)cc2O)CC1. The molecule has 2 nitrogen and oxygen atoms in total. The summed E-state index contributed by atoms with van der Waals surface area (Å²) >= 11 is 0. The second kappa shape index (κ2) is 3.09. The summed E-state index contributed by atoms with van der Waals surface area (Å²) in [6, 6.07) is 3.72. The number of carbonyl (C=O) groups is 1. The smallest absolute Gasteiger partial charge is 0.140 e. The van der Waals surface area contributed by atoms with Gasteiger partial charge in [-0.2, -0.15) is 0 Å². The molecule has 0 heterocycles. The van der Waals surface area contributed by atoms with Crippen molar-refractivity contribution in [3.63, 3.8) is 0 Å². The lowest BCUT2D eigenvalue weighted by molar-refractivity contribution is -0.119. The van der Waals surface area contributed by atoms with Crippen LogP contribution < -0.4 is 0 Å². The number of rotatable bonds is 2. The van der Waals surface area contributed by atoms with E-state index in [9.17, 15) is 9.90 Å². The number of benzene rings is 1. The number of Topliss-reactive ketones (excluding diaryl/α,β-unsaturated/α-hetero) is 1. The van der Waals surface area contributed by atoms with Crippen LogP contribution in [0.3, 0.4) is 0 Å². The number of phenols is 1. The molecule has 0 aromatic heterocycles. The third kappa shape index (κ3) is 1.44. The van der Waals surface area contributed by atoms with Gasteiger partial charge in [0.25, 0.3) is 0 Å². The van der Waals surface area contributed by atoms with Gasteiger partial charge in [0.1, 0.15) is 11.5 Å². The van der Waals surface area contributed by atoms with E-state index in [2.05, 4.69) is 0 Å². The summed E-state index contributed by atoms with van der Waals surface area (Å²) in [5, 5.41) is 9.89. The van der Waals surface area contributed by atoms with E-state index in [-0.39, 0.29) is 16.9 Å². The molecule has 0 unspecified atom stereocenters. The molecule has 1 N–H and O–H groups in total. The van der Waals surface area contributed by atoms with Gasteiger partial charge in [0.2, 0.25) is 0 Å². The van der Waals surface area contributed by atoms with Crippen molar-refractivity contribution in [1.82, 2.24) is 0 Å². The minimum absolute atomic E-state index is 0.168. The van der Waals surface area contributed by atoms with Crippen LogP contribution in [-0.2, 0) is 10.2 Å². The minimum atomic E-state index is -0.372. The van der Waals surface area contributed by atoms with E-state index in [0.29, 0.717) is 0 Å². The van der Waals surface area contributed by atoms with Gasteiger partial charge in [0, 0.05) is 5.56 Å². The molecular formula is C13H16O2. The number of carbonyl (C=O) groups excluding carboxylic acids is 1. The molecule has 1 fully saturated rings. The van der Waals surface area contributed by atoms with E-state index in [0.717, 1.165) is 29.5 Å². The van der Waals surface area contributed by atoms with Crippen LogP contribution in [-0.4, -0.2) is 10.9 Å². The van der Waals surface area contributed by atoms with Crippen molar-refractivity contribution in [2.24, 2.45) is 0 Å². The van der Waals surface area contributed by atoms with Crippen LogP contribution in [0.1, 0.15) is 36.5 Å². The third-order valence-corrected chi connectivity index (χ3v) is 3.55. The number of aromatic hydroxyl groups is 1. The molecule has 0 aliphatic heterocycles. The molecule has 2 heteroatoms. The summed E-state index contributed by atoms with van der Waals surface area (Å²) in [6.07, 6.45) is 1.75. The molecule has 80 valence electrons. The maximum absolute atomic E-state index is 11.6. The Balaban J connectivity index is 2.54. The van der Waals surface area contributed by atoms with Gasteiger partial charge in [-0.15, -0.1) is 0 Å². The zero-order chi connectivity index (χ0) is 11.2. The number of phenolic OH excluding ortho intramolecular Hbond substituents is 1. The Morgan fingerprint density at radius 3 is 2.27 bits per heavy atom. The molecule has 1 aromatic rings. The third-order valence-electron chi connectivity index (χ3n) is 3.55. The van der Waals surface area contributed by atoms with E-state index in [1.807, 2.05) is 19.9 Å². The van der Waals surface area contributed by atoms with Gasteiger partial charge in [-0.25, -0.2) is 0 Å². The fourth-order valence-electron chi connectivity index (χ4n) is 2.12. The topological polar surface area (TPSA) is 37.3 Å². The van der Waals surface area contributed by atoms with Crippen molar-refractivity contribution < 1.29 is 9.90 Å². The van der Waals surface area contributed by atoms with Crippen molar-refractivity contribution >= 4 is 5.78 Å². The molecule has 0 radical (unpaired) electrons. The molecule has 0 saturated heterocycles. The van der Waals surface area contributed by atoms with Gasteiger partial charge in [-0.05, 0) is 50.8 Å². The average Bonchev–Trinajstić information content (AvgIpc) is 2.92. The Hall–Kier alpha value is -1.31. The van der Waals surface area contributed by atoms with Crippen molar-refractivity contribution in [3.05, 3.63) is 28.8 Å². The van der Waals surface area contributed by atoms with Crippen LogP contribution in [0.5, 0.6) is 5.75 Å². The first-order valence-corrected chi connectivity index (χ1v) is 5.29. The molecule has 1 aliphatic rings. The molecule has 0 bridgehead atoms. The van der Waals surface area contributed by atoms with Crippen LogP contribution in [0, 0.1) is 13.8 Å². The fourth-order valence-corrected chi connectivity index (χ4v) is 2.12. The fraction of sp³-hybridized carbons (Fsp3) is 0.462. The second-order valence-corrected chi connectivity index (χ2v) is 4.59. The highest BCUT2D eigenvalue weighted by molar-refractivity contribution is 5.92. The first kappa shape index (κ1) is 10.2. The summed E-state index contributed by atoms with van der Waals surface area (Å²) in [5.74, 6) is 0.437. The highest BCUT2D eigenvalue weighted by Crippen LogP contribution is 2.52. The van der Waals surface area contributed by atoms with Crippen molar-refractivity contribution in [3.8, 4) is 5.75 Å². The van der Waals surface area contributed by atoms with E-state index < -0.39 is 0 Å². The van der Waals surface area contributed by atoms with Crippen molar-refractivity contribution in [2.45, 2.75) is 39.0 Å². The molecule has 0 spiro atoms. The predicted molar refractivity (Wildman–Crippen MR) is 59.2 cm³/mol. The van der Waals surface area contributed by atoms with E-state index in [1.54, 1.807) is 13.0 Å². The lowest BCUT2D eigenvalue weighted by atomic mass is 9.89.